The fourth-order valence-corrected chi connectivity index (χ4v) is 4.52. The summed E-state index contributed by atoms with van der Waals surface area (Å²) in [7, 11) is -0.965. The van der Waals surface area contributed by atoms with Gasteiger partial charge in [0, 0.05) is 7.92 Å². The van der Waals surface area contributed by atoms with E-state index < -0.39 is 7.92 Å². The number of carbonyl (C=O) groups excluding carboxylic acids is 1. The Balaban J connectivity index is 2.02. The normalized spacial score (nSPS) is 14.1. The van der Waals surface area contributed by atoms with E-state index in [0.29, 0.717) is 5.52 Å². The van der Waals surface area contributed by atoms with Gasteiger partial charge in [-0.25, -0.2) is 0 Å². The molecule has 0 saturated heterocycles. The van der Waals surface area contributed by atoms with Crippen molar-refractivity contribution < 1.29 is 4.79 Å². The number of hydrogen-bond donors (Lipinski definition) is 0. The summed E-state index contributed by atoms with van der Waals surface area (Å²) in [4.78, 5) is 12.9. The Labute approximate surface area is 120 Å². The molecule has 0 spiro atoms. The predicted molar refractivity (Wildman–Crippen MR) is 85.8 cm³/mol. The molecule has 0 unspecified atom stereocenters. The molecule has 2 aromatic carbocycles. The zero-order chi connectivity index (χ0) is 13.8. The Hall–Kier alpha value is -1.98. The molecule has 1 nitrogen and oxygen atoms in total. The topological polar surface area (TPSA) is 17.1 Å². The molecule has 1 aliphatic rings. The van der Waals surface area contributed by atoms with Gasteiger partial charge >= 0.3 is 0 Å². The largest absolute Gasteiger partial charge is 0.293 e. The summed E-state index contributed by atoms with van der Waals surface area (Å²) in [5.74, 6) is -0.0819. The first kappa shape index (κ1) is 13.0. The van der Waals surface area contributed by atoms with Crippen LogP contribution in [0.1, 0.15) is 0 Å². The van der Waals surface area contributed by atoms with Crippen molar-refractivity contribution in [2.75, 3.05) is 0 Å². The fraction of sp³-hybridized carbons (Fsp3) is 0.0556. The predicted octanol–water partition coefficient (Wildman–Crippen LogP) is 3.39. The minimum atomic E-state index is -0.965. The van der Waals surface area contributed by atoms with E-state index in [0.717, 1.165) is 10.6 Å². The van der Waals surface area contributed by atoms with Crippen LogP contribution in [0.4, 0.5) is 0 Å². The highest BCUT2D eigenvalue weighted by Gasteiger charge is 2.27. The van der Waals surface area contributed by atoms with Gasteiger partial charge < -0.3 is 0 Å². The molecule has 0 fully saturated rings. The van der Waals surface area contributed by atoms with Crippen molar-refractivity contribution in [1.29, 1.82) is 0 Å². The first-order chi connectivity index (χ1) is 9.86. The van der Waals surface area contributed by atoms with Gasteiger partial charge in [-0.05, 0) is 10.6 Å². The Morgan fingerprint density at radius 2 is 1.20 bits per heavy atom. The van der Waals surface area contributed by atoms with Crippen molar-refractivity contribution in [3.05, 3.63) is 85.0 Å². The van der Waals surface area contributed by atoms with Crippen LogP contribution in [0.3, 0.4) is 0 Å². The van der Waals surface area contributed by atoms with Crippen molar-refractivity contribution in [3.8, 4) is 0 Å². The molecular weight excluding hydrogens is 263 g/mol. The number of hydrogen-bond acceptors (Lipinski definition) is 1. The Bertz CT molecular complexity index is 592. The number of benzene rings is 2. The second kappa shape index (κ2) is 5.98. The molecule has 0 radical (unpaired) electrons. The highest BCUT2D eigenvalue weighted by atomic mass is 31.1. The maximum Gasteiger partial charge on any atom is 0.173 e. The zero-order valence-electron chi connectivity index (χ0n) is 11.0. The molecule has 2 heteroatoms. The molecule has 0 saturated carbocycles. The van der Waals surface area contributed by atoms with E-state index >= 15 is 0 Å². The Morgan fingerprint density at radius 1 is 0.750 bits per heavy atom. The van der Waals surface area contributed by atoms with Crippen LogP contribution < -0.4 is 10.6 Å². The van der Waals surface area contributed by atoms with Crippen molar-refractivity contribution in [3.63, 3.8) is 0 Å². The third-order valence-corrected chi connectivity index (χ3v) is 5.65. The number of rotatable bonds is 4. The second-order valence-corrected chi connectivity index (χ2v) is 6.78. The van der Waals surface area contributed by atoms with Crippen LogP contribution in [0.25, 0.3) is 0 Å². The summed E-state index contributed by atoms with van der Waals surface area (Å²) in [6.45, 7) is 0. The van der Waals surface area contributed by atoms with Crippen LogP contribution in [0.5, 0.6) is 0 Å². The fourth-order valence-electron chi connectivity index (χ4n) is 2.30. The van der Waals surface area contributed by atoms with Gasteiger partial charge in [-0.3, -0.25) is 4.79 Å². The SMILES string of the molecule is O=C(C1C=CC=C1)P(c1ccccc1)c1ccccc1. The van der Waals surface area contributed by atoms with E-state index in [1.165, 1.54) is 0 Å². The summed E-state index contributed by atoms with van der Waals surface area (Å²) in [5.41, 5.74) is 0.294. The van der Waals surface area contributed by atoms with Gasteiger partial charge in [0.15, 0.2) is 5.52 Å². The lowest BCUT2D eigenvalue weighted by molar-refractivity contribution is -0.112. The lowest BCUT2D eigenvalue weighted by atomic mass is 10.2. The lowest BCUT2D eigenvalue weighted by Crippen LogP contribution is -2.21. The van der Waals surface area contributed by atoms with Gasteiger partial charge in [0.05, 0.1) is 5.92 Å². The van der Waals surface area contributed by atoms with Crippen LogP contribution in [0.2, 0.25) is 0 Å². The van der Waals surface area contributed by atoms with E-state index in [2.05, 4.69) is 24.3 Å². The van der Waals surface area contributed by atoms with E-state index in [9.17, 15) is 4.79 Å². The third kappa shape index (κ3) is 2.64. The average molecular weight is 278 g/mol. The molecule has 0 aromatic heterocycles. The lowest BCUT2D eigenvalue weighted by Gasteiger charge is -2.19. The van der Waals surface area contributed by atoms with Gasteiger partial charge in [0.2, 0.25) is 0 Å². The maximum absolute atomic E-state index is 12.9. The van der Waals surface area contributed by atoms with Crippen molar-refractivity contribution in [2.24, 2.45) is 5.92 Å². The van der Waals surface area contributed by atoms with E-state index in [4.69, 9.17) is 0 Å². The summed E-state index contributed by atoms with van der Waals surface area (Å²) < 4.78 is 0. The van der Waals surface area contributed by atoms with Crippen LogP contribution in [-0.4, -0.2) is 5.52 Å². The highest BCUT2D eigenvalue weighted by molar-refractivity contribution is 7.87. The molecule has 0 aliphatic heterocycles. The number of allylic oxidation sites excluding steroid dienone is 4. The Kier molecular flexibility index (Phi) is 3.90. The monoisotopic (exact) mass is 278 g/mol. The zero-order valence-corrected chi connectivity index (χ0v) is 11.9. The molecule has 20 heavy (non-hydrogen) atoms. The minimum Gasteiger partial charge on any atom is -0.293 e. The van der Waals surface area contributed by atoms with Crippen LogP contribution >= 0.6 is 7.92 Å². The van der Waals surface area contributed by atoms with Crippen molar-refractivity contribution in [1.82, 2.24) is 0 Å². The first-order valence-electron chi connectivity index (χ1n) is 6.65. The third-order valence-electron chi connectivity index (χ3n) is 3.28. The molecule has 1 aliphatic carbocycles. The molecule has 98 valence electrons. The second-order valence-electron chi connectivity index (χ2n) is 4.64. The molecule has 0 heterocycles. The van der Waals surface area contributed by atoms with E-state index in [1.54, 1.807) is 0 Å². The average Bonchev–Trinajstić information content (AvgIpc) is 3.04. The molecule has 0 bridgehead atoms. The van der Waals surface area contributed by atoms with E-state index in [-0.39, 0.29) is 5.92 Å². The summed E-state index contributed by atoms with van der Waals surface area (Å²) in [5, 5.41) is 2.24. The molecule has 0 amide bonds. The van der Waals surface area contributed by atoms with Gasteiger partial charge in [0.1, 0.15) is 0 Å². The summed E-state index contributed by atoms with van der Waals surface area (Å²) in [6, 6.07) is 20.2. The van der Waals surface area contributed by atoms with Gasteiger partial charge in [-0.2, -0.15) is 0 Å². The minimum absolute atomic E-state index is 0.0819. The summed E-state index contributed by atoms with van der Waals surface area (Å²) in [6.07, 6.45) is 7.85. The smallest absolute Gasteiger partial charge is 0.173 e. The van der Waals surface area contributed by atoms with Gasteiger partial charge in [-0.15, -0.1) is 0 Å². The maximum atomic E-state index is 12.9. The highest BCUT2D eigenvalue weighted by Crippen LogP contribution is 2.38. The molecule has 0 N–H and O–H groups in total. The van der Waals surface area contributed by atoms with Crippen LogP contribution in [0.15, 0.2) is 85.0 Å². The van der Waals surface area contributed by atoms with Crippen molar-refractivity contribution in [2.45, 2.75) is 0 Å². The standard InChI is InChI=1S/C18H15OP/c19-18(15-9-7-8-10-15)20(16-11-3-1-4-12-16)17-13-5-2-6-14-17/h1-15H. The quantitative estimate of drug-likeness (QED) is 0.783. The number of carbonyl (C=O) groups is 1. The van der Waals surface area contributed by atoms with Crippen LogP contribution in [-0.2, 0) is 4.79 Å². The molecule has 2 aromatic rings. The van der Waals surface area contributed by atoms with E-state index in [1.807, 2.05) is 60.7 Å². The summed E-state index contributed by atoms with van der Waals surface area (Å²) >= 11 is 0. The molecule has 0 atom stereocenters. The van der Waals surface area contributed by atoms with Crippen molar-refractivity contribution >= 4 is 24.1 Å². The van der Waals surface area contributed by atoms with Gasteiger partial charge in [0.25, 0.3) is 0 Å². The van der Waals surface area contributed by atoms with Gasteiger partial charge in [-0.1, -0.05) is 85.0 Å². The molecule has 3 rings (SSSR count). The molecular formula is C18H15OP. The Morgan fingerprint density at radius 3 is 1.65 bits per heavy atom. The first-order valence-corrected chi connectivity index (χ1v) is 7.99. The van der Waals surface area contributed by atoms with Crippen LogP contribution in [0, 0.1) is 5.92 Å².